The fourth-order valence-electron chi connectivity index (χ4n) is 4.06. The molecular formula is C29H49N3O5. The van der Waals surface area contributed by atoms with Crippen molar-refractivity contribution in [1.82, 2.24) is 15.5 Å². The predicted octanol–water partition coefficient (Wildman–Crippen LogP) is 5.03. The van der Waals surface area contributed by atoms with Gasteiger partial charge in [-0.25, -0.2) is 4.79 Å². The van der Waals surface area contributed by atoms with Crippen molar-refractivity contribution in [1.29, 1.82) is 0 Å². The zero-order valence-electron chi connectivity index (χ0n) is 23.8. The van der Waals surface area contributed by atoms with Gasteiger partial charge in [0.05, 0.1) is 6.61 Å². The quantitative estimate of drug-likeness (QED) is 0.266. The summed E-state index contributed by atoms with van der Waals surface area (Å²) in [5.41, 5.74) is 0.915. The maximum absolute atomic E-state index is 13.8. The second-order valence-electron chi connectivity index (χ2n) is 10.6. The average Bonchev–Trinajstić information content (AvgIpc) is 2.82. The van der Waals surface area contributed by atoms with Gasteiger partial charge in [-0.05, 0) is 46.1 Å². The number of carbonyl (C=O) groups excluding carboxylic acids is 3. The first kappa shape index (κ1) is 32.4. The lowest BCUT2D eigenvalue weighted by molar-refractivity contribution is -0.143. The van der Waals surface area contributed by atoms with Gasteiger partial charge in [0.1, 0.15) is 17.7 Å². The summed E-state index contributed by atoms with van der Waals surface area (Å²) < 4.78 is 5.30. The molecule has 0 saturated carbocycles. The number of hydrogen-bond acceptors (Lipinski definition) is 5. The number of alkyl carbamates (subject to hydrolysis) is 1. The third kappa shape index (κ3) is 12.5. The molecular weight excluding hydrogens is 470 g/mol. The molecule has 210 valence electrons. The van der Waals surface area contributed by atoms with Gasteiger partial charge in [-0.2, -0.15) is 0 Å². The van der Waals surface area contributed by atoms with Gasteiger partial charge >= 0.3 is 6.09 Å². The van der Waals surface area contributed by atoms with Crippen molar-refractivity contribution >= 4 is 17.9 Å². The van der Waals surface area contributed by atoms with Gasteiger partial charge in [-0.3, -0.25) is 9.59 Å². The van der Waals surface area contributed by atoms with Gasteiger partial charge in [0.2, 0.25) is 11.8 Å². The summed E-state index contributed by atoms with van der Waals surface area (Å²) in [7, 11) is 0. The number of unbranched alkanes of at least 4 members (excludes halogenated alkanes) is 6. The molecule has 3 amide bonds. The summed E-state index contributed by atoms with van der Waals surface area (Å²) in [4.78, 5) is 41.2. The van der Waals surface area contributed by atoms with Crippen LogP contribution in [0.5, 0.6) is 0 Å². The van der Waals surface area contributed by atoms with Crippen LogP contribution in [0.1, 0.15) is 103 Å². The first-order chi connectivity index (χ1) is 17.5. The second-order valence-corrected chi connectivity index (χ2v) is 10.6. The molecule has 0 aliphatic heterocycles. The van der Waals surface area contributed by atoms with Crippen LogP contribution >= 0.6 is 0 Å². The van der Waals surface area contributed by atoms with E-state index < -0.39 is 36.3 Å². The molecule has 1 rings (SSSR count). The minimum absolute atomic E-state index is 0.271. The van der Waals surface area contributed by atoms with Crippen LogP contribution in [0, 0.1) is 6.92 Å². The van der Waals surface area contributed by atoms with Crippen LogP contribution in [-0.2, 0) is 14.3 Å². The zero-order chi connectivity index (χ0) is 27.8. The first-order valence-electron chi connectivity index (χ1n) is 13.8. The van der Waals surface area contributed by atoms with Gasteiger partial charge in [0.25, 0.3) is 0 Å². The molecule has 37 heavy (non-hydrogen) atoms. The molecule has 2 unspecified atom stereocenters. The molecule has 0 radical (unpaired) electrons. The van der Waals surface area contributed by atoms with E-state index in [0.29, 0.717) is 25.1 Å². The second kappa shape index (κ2) is 17.0. The number of hydrogen-bond donors (Lipinski definition) is 3. The van der Waals surface area contributed by atoms with Gasteiger partial charge < -0.3 is 25.4 Å². The van der Waals surface area contributed by atoms with Crippen LogP contribution in [-0.4, -0.2) is 59.3 Å². The summed E-state index contributed by atoms with van der Waals surface area (Å²) in [6, 6.07) is 5.44. The van der Waals surface area contributed by atoms with E-state index in [-0.39, 0.29) is 5.91 Å². The van der Waals surface area contributed by atoms with E-state index >= 15 is 0 Å². The first-order valence-corrected chi connectivity index (χ1v) is 13.8. The minimum Gasteiger partial charge on any atom is -0.444 e. The molecule has 1 aromatic carbocycles. The van der Waals surface area contributed by atoms with Crippen molar-refractivity contribution in [3.63, 3.8) is 0 Å². The molecule has 0 bridgehead atoms. The third-order valence-electron chi connectivity index (χ3n) is 5.95. The standard InChI is InChI=1S/C29H49N3O5/c1-7-9-11-12-13-14-19-32(27(35)24(21-33)31-28(36)37-29(4,5)6)25(26(34)30-18-10-8-2)23-17-15-16-22(3)20-23/h15-17,20,24-25,33H,7-14,18-19,21H2,1-6H3,(H,30,34)(H,31,36). The monoisotopic (exact) mass is 519 g/mol. The molecule has 3 N–H and O–H groups in total. The number of aryl methyl sites for hydroxylation is 1. The summed E-state index contributed by atoms with van der Waals surface area (Å²) in [5, 5.41) is 15.5. The molecule has 8 nitrogen and oxygen atoms in total. The van der Waals surface area contributed by atoms with Crippen LogP contribution in [0.15, 0.2) is 24.3 Å². The van der Waals surface area contributed by atoms with Gasteiger partial charge in [-0.15, -0.1) is 0 Å². The van der Waals surface area contributed by atoms with E-state index in [1.165, 1.54) is 11.3 Å². The molecule has 2 atom stereocenters. The number of carbonyl (C=O) groups is 3. The van der Waals surface area contributed by atoms with Crippen LogP contribution < -0.4 is 10.6 Å². The van der Waals surface area contributed by atoms with Crippen LogP contribution in [0.3, 0.4) is 0 Å². The number of aliphatic hydroxyl groups excluding tert-OH is 1. The smallest absolute Gasteiger partial charge is 0.408 e. The Morgan fingerprint density at radius 2 is 1.65 bits per heavy atom. The Hall–Kier alpha value is -2.61. The highest BCUT2D eigenvalue weighted by Gasteiger charge is 2.35. The molecule has 0 saturated heterocycles. The third-order valence-corrected chi connectivity index (χ3v) is 5.95. The molecule has 0 aromatic heterocycles. The van der Waals surface area contributed by atoms with Crippen molar-refractivity contribution in [2.75, 3.05) is 19.7 Å². The Morgan fingerprint density at radius 3 is 2.24 bits per heavy atom. The lowest BCUT2D eigenvalue weighted by Gasteiger charge is -2.34. The number of nitrogens with one attached hydrogen (secondary N) is 2. The number of aliphatic hydroxyl groups is 1. The summed E-state index contributed by atoms with van der Waals surface area (Å²) >= 11 is 0. The van der Waals surface area contributed by atoms with E-state index in [1.54, 1.807) is 20.8 Å². The van der Waals surface area contributed by atoms with Crippen molar-refractivity contribution in [3.8, 4) is 0 Å². The van der Waals surface area contributed by atoms with Crippen molar-refractivity contribution in [3.05, 3.63) is 35.4 Å². The van der Waals surface area contributed by atoms with Gasteiger partial charge in [0, 0.05) is 13.1 Å². The van der Waals surface area contributed by atoms with Crippen LogP contribution in [0.25, 0.3) is 0 Å². The van der Waals surface area contributed by atoms with Crippen molar-refractivity contribution in [2.45, 2.75) is 111 Å². The summed E-state index contributed by atoms with van der Waals surface area (Å²) in [6.07, 6.45) is 7.09. The highest BCUT2D eigenvalue weighted by atomic mass is 16.6. The summed E-state index contributed by atoms with van der Waals surface area (Å²) in [5.74, 6) is -0.786. The largest absolute Gasteiger partial charge is 0.444 e. The number of amides is 3. The maximum atomic E-state index is 13.8. The van der Waals surface area contributed by atoms with Gasteiger partial charge in [-0.1, -0.05) is 82.2 Å². The van der Waals surface area contributed by atoms with Crippen LogP contribution in [0.2, 0.25) is 0 Å². The number of benzene rings is 1. The topological polar surface area (TPSA) is 108 Å². The Bertz CT molecular complexity index is 837. The highest BCUT2D eigenvalue weighted by molar-refractivity contribution is 5.92. The summed E-state index contributed by atoms with van der Waals surface area (Å²) in [6.45, 7) is 11.6. The number of rotatable bonds is 16. The molecule has 0 heterocycles. The molecule has 0 spiro atoms. The SMILES string of the molecule is CCCCCCCCN(C(=O)C(CO)NC(=O)OC(C)(C)C)C(C(=O)NCCCC)c1cccc(C)c1. The van der Waals surface area contributed by atoms with E-state index in [2.05, 4.69) is 17.6 Å². The van der Waals surface area contributed by atoms with E-state index in [1.807, 2.05) is 38.1 Å². The molecule has 0 aliphatic rings. The molecule has 0 fully saturated rings. The number of nitrogens with zero attached hydrogens (tertiary/aromatic N) is 1. The Labute approximate surface area is 223 Å². The Kier molecular flexibility index (Phi) is 14.9. The predicted molar refractivity (Wildman–Crippen MR) is 147 cm³/mol. The fraction of sp³-hybridized carbons (Fsp3) is 0.690. The normalized spacial score (nSPS) is 12.9. The Morgan fingerprint density at radius 1 is 1.00 bits per heavy atom. The van der Waals surface area contributed by atoms with Crippen molar-refractivity contribution < 1.29 is 24.2 Å². The fourth-order valence-corrected chi connectivity index (χ4v) is 4.06. The lowest BCUT2D eigenvalue weighted by atomic mass is 10.00. The maximum Gasteiger partial charge on any atom is 0.408 e. The van der Waals surface area contributed by atoms with Crippen molar-refractivity contribution in [2.24, 2.45) is 0 Å². The van der Waals surface area contributed by atoms with Crippen LogP contribution in [0.4, 0.5) is 4.79 Å². The van der Waals surface area contributed by atoms with E-state index in [9.17, 15) is 19.5 Å². The van der Waals surface area contributed by atoms with E-state index in [4.69, 9.17) is 4.74 Å². The Balaban J connectivity index is 3.28. The number of ether oxygens (including phenoxy) is 1. The zero-order valence-corrected chi connectivity index (χ0v) is 23.8. The van der Waals surface area contributed by atoms with Gasteiger partial charge in [0.15, 0.2) is 0 Å². The van der Waals surface area contributed by atoms with E-state index in [0.717, 1.165) is 44.1 Å². The lowest BCUT2D eigenvalue weighted by Crippen LogP contribution is -2.54. The average molecular weight is 520 g/mol. The minimum atomic E-state index is -1.23. The highest BCUT2D eigenvalue weighted by Crippen LogP contribution is 2.25. The molecule has 0 aliphatic carbocycles. The molecule has 1 aromatic rings. The molecule has 8 heteroatoms.